The first-order valence-electron chi connectivity index (χ1n) is 11.5. The highest BCUT2D eigenvalue weighted by Crippen LogP contribution is 2.23. The van der Waals surface area contributed by atoms with Crippen LogP contribution < -0.4 is 5.56 Å². The van der Waals surface area contributed by atoms with Gasteiger partial charge in [0.25, 0.3) is 5.56 Å². The largest absolute Gasteiger partial charge is 0.377 e. The molecule has 32 heavy (non-hydrogen) atoms. The summed E-state index contributed by atoms with van der Waals surface area (Å²) in [5.74, 6) is 0.804. The molecule has 0 unspecified atom stereocenters. The lowest BCUT2D eigenvalue weighted by Gasteiger charge is -2.28. The van der Waals surface area contributed by atoms with Gasteiger partial charge in [0.05, 0.1) is 23.7 Å². The molecule has 0 aliphatic carbocycles. The molecule has 1 N–H and O–H groups in total. The van der Waals surface area contributed by atoms with Gasteiger partial charge in [0, 0.05) is 25.3 Å². The molecule has 1 aliphatic heterocycles. The molecule has 1 aliphatic rings. The molecule has 0 bridgehead atoms. The molecule has 3 aromatic rings. The lowest BCUT2D eigenvalue weighted by atomic mass is 10.0. The third-order valence-corrected chi connectivity index (χ3v) is 6.85. The number of aromatic amines is 1. The van der Waals surface area contributed by atoms with Gasteiger partial charge in [-0.15, -0.1) is 5.10 Å². The molecule has 1 fully saturated rings. The predicted octanol–water partition coefficient (Wildman–Crippen LogP) is 3.46. The van der Waals surface area contributed by atoms with Crippen molar-refractivity contribution in [2.45, 2.75) is 78.6 Å². The Morgan fingerprint density at radius 1 is 1.28 bits per heavy atom. The summed E-state index contributed by atoms with van der Waals surface area (Å²) in [6.45, 7) is 13.1. The Kier molecular flexibility index (Phi) is 6.44. The van der Waals surface area contributed by atoms with Crippen LogP contribution in [-0.4, -0.2) is 49.3 Å². The van der Waals surface area contributed by atoms with Gasteiger partial charge in [0.1, 0.15) is 0 Å². The number of H-pyrrole nitrogens is 1. The molecule has 8 heteroatoms. The summed E-state index contributed by atoms with van der Waals surface area (Å²) >= 11 is 0. The van der Waals surface area contributed by atoms with Crippen molar-refractivity contribution < 1.29 is 4.74 Å². The summed E-state index contributed by atoms with van der Waals surface area (Å²) in [7, 11) is 0. The van der Waals surface area contributed by atoms with Crippen molar-refractivity contribution in [3.63, 3.8) is 0 Å². The van der Waals surface area contributed by atoms with Gasteiger partial charge in [-0.3, -0.25) is 9.69 Å². The number of aromatic nitrogens is 5. The third kappa shape index (κ3) is 4.61. The fourth-order valence-corrected chi connectivity index (χ4v) is 4.31. The van der Waals surface area contributed by atoms with Crippen LogP contribution in [0.3, 0.4) is 0 Å². The third-order valence-electron chi connectivity index (χ3n) is 6.85. The van der Waals surface area contributed by atoms with E-state index in [1.165, 1.54) is 5.56 Å². The van der Waals surface area contributed by atoms with Gasteiger partial charge in [-0.2, -0.15) is 0 Å². The molecule has 4 rings (SSSR count). The van der Waals surface area contributed by atoms with Crippen LogP contribution >= 0.6 is 0 Å². The number of fused-ring (bicyclic) bond motifs is 1. The number of hydrogen-bond donors (Lipinski definition) is 1. The van der Waals surface area contributed by atoms with Gasteiger partial charge in [-0.1, -0.05) is 19.1 Å². The second-order valence-corrected chi connectivity index (χ2v) is 9.57. The number of pyridine rings is 1. The zero-order chi connectivity index (χ0) is 22.9. The number of nitrogens with zero attached hydrogens (tertiary/aromatic N) is 5. The molecule has 3 heterocycles. The molecular weight excluding hydrogens is 404 g/mol. The molecule has 0 radical (unpaired) electrons. The number of rotatable bonds is 8. The molecule has 0 spiro atoms. The van der Waals surface area contributed by atoms with Crippen LogP contribution in [0, 0.1) is 13.8 Å². The Labute approximate surface area is 189 Å². The maximum atomic E-state index is 13.0. The number of nitrogens with one attached hydrogen (secondary N) is 1. The first-order chi connectivity index (χ1) is 15.3. The fourth-order valence-electron chi connectivity index (χ4n) is 4.31. The van der Waals surface area contributed by atoms with Crippen LogP contribution in [0.15, 0.2) is 23.0 Å². The minimum absolute atomic E-state index is 0.0444. The standard InChI is InChI=1S/C24H34N6O2/c1-6-24(4,5)30-21(26-27-28-30)15-29(14-20-8-7-11-32-20)13-19-12-18-10-9-16(2)17(3)22(18)25-23(19)31/h9-10,12,20H,6-8,11,13-15H2,1-5H3,(H,25,31)/t20-/m1/s1. The van der Waals surface area contributed by atoms with Crippen molar-refractivity contribution in [1.29, 1.82) is 0 Å². The molecular formula is C24H34N6O2. The van der Waals surface area contributed by atoms with Crippen LogP contribution in [0.4, 0.5) is 0 Å². The van der Waals surface area contributed by atoms with Crippen molar-refractivity contribution in [3.05, 3.63) is 51.1 Å². The van der Waals surface area contributed by atoms with Crippen LogP contribution in [0.1, 0.15) is 62.5 Å². The molecule has 2 aromatic heterocycles. The quantitative estimate of drug-likeness (QED) is 0.579. The van der Waals surface area contributed by atoms with E-state index in [1.807, 2.05) is 17.7 Å². The maximum absolute atomic E-state index is 13.0. The molecule has 0 saturated carbocycles. The highest BCUT2D eigenvalue weighted by molar-refractivity contribution is 5.83. The lowest BCUT2D eigenvalue weighted by Crippen LogP contribution is -2.36. The summed E-state index contributed by atoms with van der Waals surface area (Å²) in [5.41, 5.74) is 3.72. The van der Waals surface area contributed by atoms with Crippen molar-refractivity contribution in [1.82, 2.24) is 30.1 Å². The van der Waals surface area contributed by atoms with Crippen molar-refractivity contribution >= 4 is 10.9 Å². The minimum Gasteiger partial charge on any atom is -0.377 e. The van der Waals surface area contributed by atoms with Crippen molar-refractivity contribution in [2.24, 2.45) is 0 Å². The van der Waals surface area contributed by atoms with Gasteiger partial charge < -0.3 is 9.72 Å². The van der Waals surface area contributed by atoms with E-state index in [0.29, 0.717) is 13.1 Å². The first-order valence-corrected chi connectivity index (χ1v) is 11.5. The molecule has 1 aromatic carbocycles. The second-order valence-electron chi connectivity index (χ2n) is 9.57. The molecule has 1 atom stereocenters. The highest BCUT2D eigenvalue weighted by Gasteiger charge is 2.26. The lowest BCUT2D eigenvalue weighted by molar-refractivity contribution is 0.0656. The molecule has 0 amide bonds. The van der Waals surface area contributed by atoms with E-state index in [1.54, 1.807) is 0 Å². The van der Waals surface area contributed by atoms with E-state index in [2.05, 4.69) is 65.2 Å². The SMILES string of the molecule is CCC(C)(C)n1nnnc1CN(Cc1cc2ccc(C)c(C)c2[nH]c1=O)C[C@H]1CCCO1. The number of benzene rings is 1. The smallest absolute Gasteiger partial charge is 0.252 e. The summed E-state index contributed by atoms with van der Waals surface area (Å²) in [5, 5.41) is 13.6. The number of hydrogen-bond acceptors (Lipinski definition) is 6. The predicted molar refractivity (Wildman–Crippen MR) is 125 cm³/mol. The Hall–Kier alpha value is -2.58. The summed E-state index contributed by atoms with van der Waals surface area (Å²) < 4.78 is 7.81. The Morgan fingerprint density at radius 3 is 2.81 bits per heavy atom. The monoisotopic (exact) mass is 438 g/mol. The second kappa shape index (κ2) is 9.11. The van der Waals surface area contributed by atoms with Gasteiger partial charge >= 0.3 is 0 Å². The van der Waals surface area contributed by atoms with Crippen molar-refractivity contribution in [3.8, 4) is 0 Å². The van der Waals surface area contributed by atoms with Crippen LogP contribution in [0.2, 0.25) is 0 Å². The normalized spacial score (nSPS) is 17.0. The van der Waals surface area contributed by atoms with E-state index >= 15 is 0 Å². The average Bonchev–Trinajstić information content (AvgIpc) is 3.44. The number of ether oxygens (including phenoxy) is 1. The van der Waals surface area contributed by atoms with Crippen LogP contribution in [0.5, 0.6) is 0 Å². The van der Waals surface area contributed by atoms with Gasteiger partial charge in [0.2, 0.25) is 0 Å². The zero-order valence-electron chi connectivity index (χ0n) is 19.8. The Morgan fingerprint density at radius 2 is 2.09 bits per heavy atom. The van der Waals surface area contributed by atoms with Gasteiger partial charge in [0.15, 0.2) is 5.82 Å². The summed E-state index contributed by atoms with van der Waals surface area (Å²) in [6, 6.07) is 6.19. The zero-order valence-corrected chi connectivity index (χ0v) is 19.8. The Bertz CT molecular complexity index is 1140. The number of tetrazole rings is 1. The van der Waals surface area contributed by atoms with E-state index in [9.17, 15) is 4.79 Å². The van der Waals surface area contributed by atoms with E-state index in [-0.39, 0.29) is 17.2 Å². The van der Waals surface area contributed by atoms with Gasteiger partial charge in [-0.25, -0.2) is 4.68 Å². The average molecular weight is 439 g/mol. The van der Waals surface area contributed by atoms with E-state index < -0.39 is 0 Å². The first kappa shape index (κ1) is 22.6. The fraction of sp³-hybridized carbons (Fsp3) is 0.583. The topological polar surface area (TPSA) is 88.9 Å². The van der Waals surface area contributed by atoms with Crippen molar-refractivity contribution in [2.75, 3.05) is 13.2 Å². The minimum atomic E-state index is -0.176. The maximum Gasteiger partial charge on any atom is 0.252 e. The van der Waals surface area contributed by atoms with E-state index in [0.717, 1.165) is 60.3 Å². The van der Waals surface area contributed by atoms with Gasteiger partial charge in [-0.05, 0) is 80.0 Å². The Balaban J connectivity index is 1.65. The van der Waals surface area contributed by atoms with Crippen LogP contribution in [-0.2, 0) is 23.4 Å². The van der Waals surface area contributed by atoms with Crippen LogP contribution in [0.25, 0.3) is 10.9 Å². The highest BCUT2D eigenvalue weighted by atomic mass is 16.5. The summed E-state index contributed by atoms with van der Waals surface area (Å²) in [4.78, 5) is 18.3. The summed E-state index contributed by atoms with van der Waals surface area (Å²) in [6.07, 6.45) is 3.20. The molecule has 8 nitrogen and oxygen atoms in total. The number of aryl methyl sites for hydroxylation is 2. The van der Waals surface area contributed by atoms with E-state index in [4.69, 9.17) is 4.74 Å². The molecule has 172 valence electrons. The molecule has 1 saturated heterocycles.